The first-order valence-electron chi connectivity index (χ1n) is 19.6. The van der Waals surface area contributed by atoms with Gasteiger partial charge in [0, 0.05) is 38.2 Å². The maximum Gasteiger partial charge on any atom is 0.410 e. The van der Waals surface area contributed by atoms with Gasteiger partial charge in [-0.2, -0.15) is 9.97 Å². The molecule has 1 saturated carbocycles. The summed E-state index contributed by atoms with van der Waals surface area (Å²) >= 11 is 0. The van der Waals surface area contributed by atoms with Crippen LogP contribution in [0.3, 0.4) is 0 Å². The SMILES string of the molecule is CCc1c(F)ccc2cc(OCOC)cc(-c3c(F)cc4c(N5CC6CCC(C5)N6C(=O)OC(C)(C)C)nc(OCC5CCCN5CC5CC5)nc4c3F)c12. The van der Waals surface area contributed by atoms with E-state index in [1.54, 1.807) is 19.1 Å². The molecule has 4 aromatic rings. The Morgan fingerprint density at radius 2 is 1.71 bits per heavy atom. The molecule has 3 aromatic carbocycles. The highest BCUT2D eigenvalue weighted by Gasteiger charge is 2.45. The number of amides is 1. The van der Waals surface area contributed by atoms with Gasteiger partial charge in [0.15, 0.2) is 12.6 Å². The average Bonchev–Trinajstić information content (AvgIpc) is 3.78. The lowest BCUT2D eigenvalue weighted by Crippen LogP contribution is -2.57. The van der Waals surface area contributed by atoms with Crippen molar-refractivity contribution >= 4 is 33.6 Å². The highest BCUT2D eigenvalue weighted by Crippen LogP contribution is 2.43. The lowest BCUT2D eigenvalue weighted by Gasteiger charge is -2.42. The van der Waals surface area contributed by atoms with E-state index in [2.05, 4.69) is 9.88 Å². The monoisotopic (exact) mass is 761 g/mol. The Balaban J connectivity index is 1.23. The van der Waals surface area contributed by atoms with Crippen LogP contribution < -0.4 is 14.4 Å². The van der Waals surface area contributed by atoms with E-state index in [1.165, 1.54) is 38.2 Å². The Kier molecular flexibility index (Phi) is 10.2. The molecular weight excluding hydrogens is 711 g/mol. The minimum Gasteiger partial charge on any atom is -0.468 e. The van der Waals surface area contributed by atoms with Crippen LogP contribution >= 0.6 is 0 Å². The fourth-order valence-corrected chi connectivity index (χ4v) is 8.77. The van der Waals surface area contributed by atoms with Crippen molar-refractivity contribution in [1.29, 1.82) is 0 Å². The molecule has 0 radical (unpaired) electrons. The van der Waals surface area contributed by atoms with Crippen LogP contribution in [-0.2, 0) is 15.9 Å². The molecule has 55 heavy (non-hydrogen) atoms. The van der Waals surface area contributed by atoms with Crippen LogP contribution in [0.4, 0.5) is 23.8 Å². The van der Waals surface area contributed by atoms with E-state index in [0.717, 1.165) is 44.7 Å². The molecule has 4 fully saturated rings. The number of hydrogen-bond acceptors (Lipinski definition) is 9. The third-order valence-corrected chi connectivity index (χ3v) is 11.4. The third kappa shape index (κ3) is 7.49. The number of rotatable bonds is 11. The van der Waals surface area contributed by atoms with Gasteiger partial charge in [0.1, 0.15) is 40.9 Å². The summed E-state index contributed by atoms with van der Waals surface area (Å²) in [7, 11) is 1.48. The fourth-order valence-electron chi connectivity index (χ4n) is 8.77. The van der Waals surface area contributed by atoms with Crippen molar-refractivity contribution < 1.29 is 36.9 Å². The van der Waals surface area contributed by atoms with Gasteiger partial charge in [-0.15, -0.1) is 0 Å². The maximum atomic E-state index is 17.4. The first kappa shape index (κ1) is 37.6. The highest BCUT2D eigenvalue weighted by molar-refractivity contribution is 6.03. The van der Waals surface area contributed by atoms with Crippen LogP contribution in [0.2, 0.25) is 0 Å². The van der Waals surface area contributed by atoms with Crippen molar-refractivity contribution in [1.82, 2.24) is 19.8 Å². The molecule has 4 heterocycles. The number of hydrogen-bond donors (Lipinski definition) is 0. The van der Waals surface area contributed by atoms with Gasteiger partial charge in [-0.3, -0.25) is 9.80 Å². The number of aromatic nitrogens is 2. The van der Waals surface area contributed by atoms with Gasteiger partial charge in [-0.05, 0) is 124 Å². The van der Waals surface area contributed by atoms with Crippen LogP contribution in [0.15, 0.2) is 30.3 Å². The molecule has 3 unspecified atom stereocenters. The van der Waals surface area contributed by atoms with Crippen molar-refractivity contribution in [3.05, 3.63) is 53.3 Å². The Morgan fingerprint density at radius 3 is 2.40 bits per heavy atom. The van der Waals surface area contributed by atoms with Gasteiger partial charge >= 0.3 is 12.1 Å². The van der Waals surface area contributed by atoms with Crippen LogP contribution in [0.25, 0.3) is 32.8 Å². The summed E-state index contributed by atoms with van der Waals surface area (Å²) in [6.45, 7) is 10.4. The molecule has 1 aliphatic carbocycles. The van der Waals surface area contributed by atoms with Crippen LogP contribution in [0.1, 0.15) is 71.8 Å². The van der Waals surface area contributed by atoms with E-state index in [-0.39, 0.29) is 59.1 Å². The number of aryl methyl sites for hydroxylation is 1. The second kappa shape index (κ2) is 14.9. The molecule has 0 N–H and O–H groups in total. The van der Waals surface area contributed by atoms with Crippen molar-refractivity contribution in [2.45, 2.75) is 96.4 Å². The Morgan fingerprint density at radius 1 is 0.945 bits per heavy atom. The zero-order chi connectivity index (χ0) is 38.6. The number of ether oxygens (including phenoxy) is 4. The molecule has 1 aromatic heterocycles. The number of carbonyl (C=O) groups excluding carboxylic acids is 1. The normalized spacial score (nSPS) is 21.6. The van der Waals surface area contributed by atoms with E-state index in [1.807, 2.05) is 30.6 Å². The number of methoxy groups -OCH3 is 1. The second-order valence-electron chi connectivity index (χ2n) is 16.5. The van der Waals surface area contributed by atoms with Crippen LogP contribution in [0, 0.1) is 23.4 Å². The molecule has 8 rings (SSSR count). The predicted octanol–water partition coefficient (Wildman–Crippen LogP) is 8.25. The largest absolute Gasteiger partial charge is 0.468 e. The standard InChI is InChI=1S/C42H50F3N5O5/c1-6-30-33(43)14-11-25-16-29(54-23-52-5)17-31(35(25)30)36-34(44)18-32-38(37(36)45)46-40(53-22-28-8-7-15-48(28)19-24-9-10-24)47-39(32)49-20-26-12-13-27(21-49)50(26)41(51)55-42(2,3)4/h11,14,16-18,24,26-28H,6-10,12-13,15,19-23H2,1-5H3. The fraction of sp³-hybridized carbons (Fsp3) is 0.548. The van der Waals surface area contributed by atoms with E-state index in [4.69, 9.17) is 23.9 Å². The lowest BCUT2D eigenvalue weighted by molar-refractivity contribution is 0.0122. The summed E-state index contributed by atoms with van der Waals surface area (Å²) in [6, 6.07) is 7.28. The second-order valence-corrected chi connectivity index (χ2v) is 16.5. The number of nitrogens with zero attached hydrogens (tertiary/aromatic N) is 5. The average molecular weight is 762 g/mol. The van der Waals surface area contributed by atoms with E-state index in [9.17, 15) is 4.79 Å². The Bertz CT molecular complexity index is 2090. The summed E-state index contributed by atoms with van der Waals surface area (Å²) in [5.74, 6) is -0.837. The van der Waals surface area contributed by atoms with Gasteiger partial charge < -0.3 is 23.8 Å². The topological polar surface area (TPSA) is 89.5 Å². The molecule has 294 valence electrons. The number of benzene rings is 3. The quantitative estimate of drug-likeness (QED) is 0.140. The molecule has 3 saturated heterocycles. The summed E-state index contributed by atoms with van der Waals surface area (Å²) in [5, 5.41) is 1.14. The summed E-state index contributed by atoms with van der Waals surface area (Å²) in [6.07, 6.45) is 6.04. The first-order valence-corrected chi connectivity index (χ1v) is 19.6. The van der Waals surface area contributed by atoms with E-state index in [0.29, 0.717) is 54.0 Å². The predicted molar refractivity (Wildman–Crippen MR) is 204 cm³/mol. The minimum absolute atomic E-state index is 0.00137. The molecule has 1 amide bonds. The van der Waals surface area contributed by atoms with Gasteiger partial charge in [-0.25, -0.2) is 18.0 Å². The highest BCUT2D eigenvalue weighted by atomic mass is 19.1. The number of piperazine rings is 1. The molecule has 2 bridgehead atoms. The molecule has 3 aliphatic heterocycles. The number of anilines is 1. The molecular formula is C42H50F3N5O5. The molecule has 3 atom stereocenters. The molecule has 13 heteroatoms. The van der Waals surface area contributed by atoms with E-state index < -0.39 is 23.1 Å². The lowest BCUT2D eigenvalue weighted by atomic mass is 9.91. The summed E-state index contributed by atoms with van der Waals surface area (Å²) in [4.78, 5) is 29.1. The van der Waals surface area contributed by atoms with Crippen molar-refractivity contribution in [3.8, 4) is 22.9 Å². The van der Waals surface area contributed by atoms with Gasteiger partial charge in [-0.1, -0.05) is 13.0 Å². The van der Waals surface area contributed by atoms with Crippen molar-refractivity contribution in [2.75, 3.05) is 51.6 Å². The smallest absolute Gasteiger partial charge is 0.410 e. The zero-order valence-electron chi connectivity index (χ0n) is 32.3. The molecule has 0 spiro atoms. The summed E-state index contributed by atoms with van der Waals surface area (Å²) < 4.78 is 72.4. The van der Waals surface area contributed by atoms with Crippen molar-refractivity contribution in [3.63, 3.8) is 0 Å². The third-order valence-electron chi connectivity index (χ3n) is 11.4. The molecule has 4 aliphatic rings. The van der Waals surface area contributed by atoms with Crippen LogP contribution in [-0.4, -0.2) is 96.3 Å². The Hall–Kier alpha value is -4.36. The van der Waals surface area contributed by atoms with Gasteiger partial charge in [0.05, 0.1) is 17.6 Å². The number of fused-ring (bicyclic) bond motifs is 4. The minimum atomic E-state index is -0.911. The van der Waals surface area contributed by atoms with Gasteiger partial charge in [0.2, 0.25) is 0 Å². The number of halogens is 3. The zero-order valence-corrected chi connectivity index (χ0v) is 32.3. The van der Waals surface area contributed by atoms with Gasteiger partial charge in [0.25, 0.3) is 0 Å². The number of carbonyl (C=O) groups is 1. The summed E-state index contributed by atoms with van der Waals surface area (Å²) in [5.41, 5.74) is -0.621. The number of likely N-dealkylation sites (tertiary alicyclic amines) is 1. The maximum absolute atomic E-state index is 17.4. The Labute approximate surface area is 319 Å². The first-order chi connectivity index (χ1) is 26.4. The molecule has 10 nitrogen and oxygen atoms in total. The van der Waals surface area contributed by atoms with Crippen molar-refractivity contribution in [2.24, 2.45) is 5.92 Å². The van der Waals surface area contributed by atoms with Crippen LogP contribution in [0.5, 0.6) is 11.8 Å². The van der Waals surface area contributed by atoms with E-state index >= 15 is 13.2 Å².